The fourth-order valence-electron chi connectivity index (χ4n) is 1.21. The van der Waals surface area contributed by atoms with E-state index in [-0.39, 0.29) is 0 Å². The first kappa shape index (κ1) is 16.9. The van der Waals surface area contributed by atoms with E-state index >= 15 is 0 Å². The molecule has 2 nitrogen and oxygen atoms in total. The normalized spacial score (nSPS) is 10.4. The Labute approximate surface area is 116 Å². The molecule has 16 heavy (non-hydrogen) atoms. The van der Waals surface area contributed by atoms with E-state index in [9.17, 15) is 9.59 Å². The zero-order valence-corrected chi connectivity index (χ0v) is 15.0. The Morgan fingerprint density at radius 2 is 1.12 bits per heavy atom. The van der Waals surface area contributed by atoms with Crippen molar-refractivity contribution in [1.82, 2.24) is 0 Å². The van der Waals surface area contributed by atoms with E-state index < -0.39 is 34.1 Å². The molecule has 0 saturated carbocycles. The molecule has 0 aromatic rings. The van der Waals surface area contributed by atoms with Crippen molar-refractivity contribution >= 4 is 41.8 Å². The molecule has 0 amide bonds. The summed E-state index contributed by atoms with van der Waals surface area (Å²) in [6, 6.07) is 0. The van der Waals surface area contributed by atoms with Gasteiger partial charge in [-0.2, -0.15) is 0 Å². The van der Waals surface area contributed by atoms with E-state index in [2.05, 4.69) is 13.8 Å². The van der Waals surface area contributed by atoms with Crippen LogP contribution in [0.1, 0.15) is 65.2 Å². The van der Waals surface area contributed by atoms with Crippen LogP contribution in [-0.4, -0.2) is 41.8 Å². The summed E-state index contributed by atoms with van der Waals surface area (Å²) in [7, 11) is 0. The van der Waals surface area contributed by atoms with Crippen molar-refractivity contribution < 1.29 is 9.59 Å². The van der Waals surface area contributed by atoms with Crippen molar-refractivity contribution in [2.75, 3.05) is 0 Å². The topological polar surface area (TPSA) is 34.1 Å². The fraction of sp³-hybridized carbons (Fsp3) is 0.833. The van der Waals surface area contributed by atoms with E-state index in [4.69, 9.17) is 0 Å². The molecule has 0 rings (SSSR count). The van der Waals surface area contributed by atoms with Crippen LogP contribution < -0.4 is 0 Å². The van der Waals surface area contributed by atoms with Gasteiger partial charge in [-0.15, -0.1) is 0 Å². The first-order valence-corrected chi connectivity index (χ1v) is 15.8. The summed E-state index contributed by atoms with van der Waals surface area (Å²) in [5.74, 6) is 0. The second kappa shape index (κ2) is 12.4. The summed E-state index contributed by atoms with van der Waals surface area (Å²) in [4.78, 5) is 23.0. The Balaban J connectivity index is 3.40. The molecule has 0 N–H and O–H groups in total. The Hall–Kier alpha value is 0.919. The molecular formula is C12H22O2Te2. The van der Waals surface area contributed by atoms with Crippen LogP contribution in [0.4, 0.5) is 0 Å². The SMILES string of the molecule is CCCCCC(=O)[Te][Te]C(=O)CCCCC. The average molecular weight is 454 g/mol. The van der Waals surface area contributed by atoms with E-state index in [1.165, 1.54) is 12.8 Å². The van der Waals surface area contributed by atoms with Crippen LogP contribution in [0.2, 0.25) is 0 Å². The molecular weight excluding hydrogens is 431 g/mol. The zero-order chi connectivity index (χ0) is 12.2. The number of carbonyl (C=O) groups excluding carboxylic acids is 2. The summed E-state index contributed by atoms with van der Waals surface area (Å²) < 4.78 is 0.898. The van der Waals surface area contributed by atoms with Gasteiger partial charge in [-0.25, -0.2) is 0 Å². The summed E-state index contributed by atoms with van der Waals surface area (Å²) in [6.07, 6.45) is 8.23. The third kappa shape index (κ3) is 11.4. The Bertz CT molecular complexity index is 183. The molecule has 0 aliphatic heterocycles. The minimum atomic E-state index is -0.554. The molecule has 0 aromatic heterocycles. The Kier molecular flexibility index (Phi) is 13.1. The van der Waals surface area contributed by atoms with Gasteiger partial charge in [0.2, 0.25) is 0 Å². The van der Waals surface area contributed by atoms with Gasteiger partial charge in [0.1, 0.15) is 0 Å². The molecule has 0 unspecified atom stereocenters. The van der Waals surface area contributed by atoms with Crippen LogP contribution in [-0.2, 0) is 9.59 Å². The van der Waals surface area contributed by atoms with Crippen molar-refractivity contribution in [3.63, 3.8) is 0 Å². The number of carbonyl (C=O) groups is 2. The quantitative estimate of drug-likeness (QED) is 0.356. The fourth-order valence-corrected chi connectivity index (χ4v) is 9.80. The first-order valence-electron chi connectivity index (χ1n) is 6.10. The van der Waals surface area contributed by atoms with Gasteiger partial charge in [-0.1, -0.05) is 0 Å². The van der Waals surface area contributed by atoms with Crippen LogP contribution in [0.25, 0.3) is 0 Å². The molecule has 0 bridgehead atoms. The van der Waals surface area contributed by atoms with Gasteiger partial charge < -0.3 is 0 Å². The molecule has 94 valence electrons. The molecule has 4 heteroatoms. The zero-order valence-electron chi connectivity index (χ0n) is 10.3. The van der Waals surface area contributed by atoms with E-state index in [0.717, 1.165) is 38.5 Å². The van der Waals surface area contributed by atoms with E-state index in [1.54, 1.807) is 0 Å². The summed E-state index contributed by atoms with van der Waals surface area (Å²) in [5, 5.41) is 0. The molecule has 0 spiro atoms. The molecule has 0 aliphatic rings. The van der Waals surface area contributed by atoms with Crippen molar-refractivity contribution in [2.45, 2.75) is 65.2 Å². The monoisotopic (exact) mass is 458 g/mol. The third-order valence-corrected chi connectivity index (χ3v) is 13.4. The average Bonchev–Trinajstić information content (AvgIpc) is 2.27. The van der Waals surface area contributed by atoms with Gasteiger partial charge in [0, 0.05) is 0 Å². The molecule has 0 saturated heterocycles. The van der Waals surface area contributed by atoms with Crippen LogP contribution >= 0.6 is 0 Å². The van der Waals surface area contributed by atoms with Crippen molar-refractivity contribution in [3.8, 4) is 0 Å². The van der Waals surface area contributed by atoms with E-state index in [0.29, 0.717) is 7.66 Å². The molecule has 0 heterocycles. The summed E-state index contributed by atoms with van der Waals surface area (Å²) >= 11 is -1.11. The van der Waals surface area contributed by atoms with Gasteiger partial charge in [0.05, 0.1) is 0 Å². The van der Waals surface area contributed by atoms with Crippen LogP contribution in [0.3, 0.4) is 0 Å². The standard InChI is InChI=1S/C12H22O2Te2/c1-3-5-7-9-11(13)15-16-12(14)10-8-6-4-2/h3-10H2,1-2H3. The van der Waals surface area contributed by atoms with Gasteiger partial charge >= 0.3 is 117 Å². The second-order valence-corrected chi connectivity index (χ2v) is 13.8. The van der Waals surface area contributed by atoms with Crippen molar-refractivity contribution in [1.29, 1.82) is 0 Å². The number of hydrogen-bond acceptors (Lipinski definition) is 2. The second-order valence-electron chi connectivity index (χ2n) is 3.82. The maximum absolute atomic E-state index is 11.5. The van der Waals surface area contributed by atoms with Crippen molar-refractivity contribution in [2.24, 2.45) is 0 Å². The first-order chi connectivity index (χ1) is 7.70. The summed E-state index contributed by atoms with van der Waals surface area (Å²) in [6.45, 7) is 4.29. The van der Waals surface area contributed by atoms with Gasteiger partial charge in [0.25, 0.3) is 0 Å². The maximum atomic E-state index is 11.5. The molecule has 0 aromatic carbocycles. The molecule has 0 atom stereocenters. The molecule has 0 aliphatic carbocycles. The van der Waals surface area contributed by atoms with Crippen LogP contribution in [0.5, 0.6) is 0 Å². The minimum absolute atomic E-state index is 0.449. The van der Waals surface area contributed by atoms with Crippen molar-refractivity contribution in [3.05, 3.63) is 0 Å². The predicted molar refractivity (Wildman–Crippen MR) is 69.8 cm³/mol. The molecule has 0 radical (unpaired) electrons. The summed E-state index contributed by atoms with van der Waals surface area (Å²) in [5.41, 5.74) is 0. The number of rotatable bonds is 11. The molecule has 0 fully saturated rings. The number of unbranched alkanes of at least 4 members (excludes halogenated alkanes) is 4. The van der Waals surface area contributed by atoms with Crippen LogP contribution in [0.15, 0.2) is 0 Å². The van der Waals surface area contributed by atoms with Crippen LogP contribution in [0, 0.1) is 0 Å². The van der Waals surface area contributed by atoms with E-state index in [1.807, 2.05) is 0 Å². The Morgan fingerprint density at radius 1 is 0.750 bits per heavy atom. The predicted octanol–water partition coefficient (Wildman–Crippen LogP) is 2.52. The third-order valence-electron chi connectivity index (χ3n) is 2.20. The van der Waals surface area contributed by atoms with Gasteiger partial charge in [0.15, 0.2) is 0 Å². The van der Waals surface area contributed by atoms with Gasteiger partial charge in [-0.3, -0.25) is 0 Å². The Morgan fingerprint density at radius 3 is 1.44 bits per heavy atom. The van der Waals surface area contributed by atoms with Gasteiger partial charge in [-0.05, 0) is 0 Å². The number of hydrogen-bond donors (Lipinski definition) is 0.